The number of rotatable bonds is 3. The summed E-state index contributed by atoms with van der Waals surface area (Å²) in [6.45, 7) is 8.29. The van der Waals surface area contributed by atoms with E-state index in [-0.39, 0.29) is 12.1 Å². The Morgan fingerprint density at radius 1 is 1.26 bits per heavy atom. The third-order valence-corrected chi connectivity index (χ3v) is 3.95. The lowest BCUT2D eigenvalue weighted by Crippen LogP contribution is -2.33. The second-order valence-corrected chi connectivity index (χ2v) is 5.68. The maximum absolute atomic E-state index is 12.1. The summed E-state index contributed by atoms with van der Waals surface area (Å²) in [6.07, 6.45) is 3.19. The normalized spacial score (nSPS) is 26.7. The van der Waals surface area contributed by atoms with E-state index in [4.69, 9.17) is 4.74 Å². The van der Waals surface area contributed by atoms with Gasteiger partial charge in [0.15, 0.2) is 0 Å². The predicted octanol–water partition coefficient (Wildman–Crippen LogP) is 4.22. The Labute approximate surface area is 115 Å². The number of ether oxygens (including phenoxy) is 1. The van der Waals surface area contributed by atoms with Crippen molar-refractivity contribution < 1.29 is 9.53 Å². The molecule has 2 heteroatoms. The summed E-state index contributed by atoms with van der Waals surface area (Å²) in [7, 11) is 0. The zero-order chi connectivity index (χ0) is 13.8. The van der Waals surface area contributed by atoms with Crippen LogP contribution in [0.5, 0.6) is 0 Å². The van der Waals surface area contributed by atoms with Gasteiger partial charge in [0.2, 0.25) is 0 Å². The fourth-order valence-electron chi connectivity index (χ4n) is 2.80. The van der Waals surface area contributed by atoms with E-state index in [0.717, 1.165) is 18.4 Å². The monoisotopic (exact) mass is 258 g/mol. The highest BCUT2D eigenvalue weighted by Crippen LogP contribution is 2.35. The first-order chi connectivity index (χ1) is 9.08. The lowest BCUT2D eigenvalue weighted by molar-refractivity contribution is 0.000454. The van der Waals surface area contributed by atoms with E-state index in [0.29, 0.717) is 17.4 Å². The van der Waals surface area contributed by atoms with E-state index in [1.54, 1.807) is 12.1 Å². The third kappa shape index (κ3) is 3.46. The molecule has 0 radical (unpaired) electrons. The van der Waals surface area contributed by atoms with Gasteiger partial charge in [0.05, 0.1) is 5.56 Å². The molecule has 1 aliphatic carbocycles. The smallest absolute Gasteiger partial charge is 0.338 e. The first kappa shape index (κ1) is 13.9. The van der Waals surface area contributed by atoms with Crippen molar-refractivity contribution in [3.05, 3.63) is 48.0 Å². The molecule has 0 aliphatic heterocycles. The van der Waals surface area contributed by atoms with Crippen LogP contribution in [-0.2, 0) is 4.74 Å². The van der Waals surface area contributed by atoms with Crippen LogP contribution in [0.1, 0.15) is 43.5 Å². The summed E-state index contributed by atoms with van der Waals surface area (Å²) in [5.41, 5.74) is 1.75. The SMILES string of the molecule is C=C(C)[C@@H]1CC[C@@H](C)C[C@H]1OC(=O)c1ccccc1. The molecular formula is C17H22O2. The highest BCUT2D eigenvalue weighted by atomic mass is 16.5. The molecule has 0 aromatic heterocycles. The van der Waals surface area contributed by atoms with E-state index < -0.39 is 0 Å². The van der Waals surface area contributed by atoms with Crippen molar-refractivity contribution in [3.63, 3.8) is 0 Å². The molecule has 0 unspecified atom stereocenters. The quantitative estimate of drug-likeness (QED) is 0.599. The summed E-state index contributed by atoms with van der Waals surface area (Å²) < 4.78 is 5.72. The van der Waals surface area contributed by atoms with Gasteiger partial charge in [-0.15, -0.1) is 0 Å². The molecule has 1 aromatic carbocycles. The number of carbonyl (C=O) groups is 1. The first-order valence-electron chi connectivity index (χ1n) is 6.99. The fraction of sp³-hybridized carbons (Fsp3) is 0.471. The van der Waals surface area contributed by atoms with Gasteiger partial charge in [-0.25, -0.2) is 4.79 Å². The molecule has 0 amide bonds. The second kappa shape index (κ2) is 6.05. The average Bonchev–Trinajstić information content (AvgIpc) is 2.39. The number of hydrogen-bond donors (Lipinski definition) is 0. The second-order valence-electron chi connectivity index (χ2n) is 5.68. The van der Waals surface area contributed by atoms with Gasteiger partial charge in [-0.2, -0.15) is 0 Å². The topological polar surface area (TPSA) is 26.3 Å². The standard InChI is InChI=1S/C17H22O2/c1-12(2)15-10-9-13(3)11-16(15)19-17(18)14-7-5-4-6-8-14/h4-8,13,15-16H,1,9-11H2,2-3H3/t13-,15+,16-/m1/s1. The van der Waals surface area contributed by atoms with Gasteiger partial charge < -0.3 is 4.74 Å². The van der Waals surface area contributed by atoms with Crippen LogP contribution in [-0.4, -0.2) is 12.1 Å². The summed E-state index contributed by atoms with van der Waals surface area (Å²) >= 11 is 0. The van der Waals surface area contributed by atoms with E-state index in [2.05, 4.69) is 13.5 Å². The maximum atomic E-state index is 12.1. The van der Waals surface area contributed by atoms with Crippen molar-refractivity contribution in [3.8, 4) is 0 Å². The number of hydrogen-bond acceptors (Lipinski definition) is 2. The summed E-state index contributed by atoms with van der Waals surface area (Å²) in [5, 5.41) is 0. The van der Waals surface area contributed by atoms with Gasteiger partial charge >= 0.3 is 5.97 Å². The Morgan fingerprint density at radius 2 is 1.95 bits per heavy atom. The van der Waals surface area contributed by atoms with Gasteiger partial charge in [-0.1, -0.05) is 37.3 Å². The zero-order valence-corrected chi connectivity index (χ0v) is 11.8. The summed E-state index contributed by atoms with van der Waals surface area (Å²) in [4.78, 5) is 12.1. The van der Waals surface area contributed by atoms with Crippen molar-refractivity contribution in [1.82, 2.24) is 0 Å². The van der Waals surface area contributed by atoms with E-state index >= 15 is 0 Å². The van der Waals surface area contributed by atoms with Gasteiger partial charge in [0.1, 0.15) is 6.10 Å². The van der Waals surface area contributed by atoms with Crippen molar-refractivity contribution in [2.24, 2.45) is 11.8 Å². The molecule has 2 nitrogen and oxygen atoms in total. The lowest BCUT2D eigenvalue weighted by atomic mass is 9.77. The molecule has 102 valence electrons. The van der Waals surface area contributed by atoms with Crippen LogP contribution in [0.4, 0.5) is 0 Å². The Bertz CT molecular complexity index is 450. The van der Waals surface area contributed by atoms with E-state index in [9.17, 15) is 4.79 Å². The molecule has 2 rings (SSSR count). The van der Waals surface area contributed by atoms with Gasteiger partial charge in [0, 0.05) is 5.92 Å². The van der Waals surface area contributed by atoms with Crippen LogP contribution in [0.15, 0.2) is 42.5 Å². The van der Waals surface area contributed by atoms with Gasteiger partial charge in [-0.05, 0) is 44.2 Å². The van der Waals surface area contributed by atoms with Crippen molar-refractivity contribution in [1.29, 1.82) is 0 Å². The van der Waals surface area contributed by atoms with E-state index in [1.807, 2.05) is 25.1 Å². The Morgan fingerprint density at radius 3 is 2.58 bits per heavy atom. The minimum absolute atomic E-state index is 0.0195. The zero-order valence-electron chi connectivity index (χ0n) is 11.8. The largest absolute Gasteiger partial charge is 0.458 e. The number of esters is 1. The van der Waals surface area contributed by atoms with Crippen LogP contribution >= 0.6 is 0 Å². The Hall–Kier alpha value is -1.57. The van der Waals surface area contributed by atoms with E-state index in [1.165, 1.54) is 6.42 Å². The fourth-order valence-corrected chi connectivity index (χ4v) is 2.80. The minimum Gasteiger partial charge on any atom is -0.458 e. The molecular weight excluding hydrogens is 236 g/mol. The number of benzene rings is 1. The molecule has 0 bridgehead atoms. The van der Waals surface area contributed by atoms with Crippen LogP contribution in [0.2, 0.25) is 0 Å². The average molecular weight is 258 g/mol. The molecule has 1 fully saturated rings. The van der Waals surface area contributed by atoms with Crippen molar-refractivity contribution in [2.75, 3.05) is 0 Å². The summed E-state index contributed by atoms with van der Waals surface area (Å²) in [6, 6.07) is 9.21. The highest BCUT2D eigenvalue weighted by Gasteiger charge is 2.32. The highest BCUT2D eigenvalue weighted by molar-refractivity contribution is 5.89. The minimum atomic E-state index is -0.217. The Balaban J connectivity index is 2.07. The van der Waals surface area contributed by atoms with Gasteiger partial charge in [0.25, 0.3) is 0 Å². The van der Waals surface area contributed by atoms with Crippen molar-refractivity contribution in [2.45, 2.75) is 39.2 Å². The van der Waals surface area contributed by atoms with Crippen LogP contribution in [0.25, 0.3) is 0 Å². The molecule has 1 aliphatic rings. The predicted molar refractivity (Wildman–Crippen MR) is 77.0 cm³/mol. The molecule has 0 saturated heterocycles. The van der Waals surface area contributed by atoms with Crippen LogP contribution < -0.4 is 0 Å². The molecule has 0 N–H and O–H groups in total. The van der Waals surface area contributed by atoms with Crippen molar-refractivity contribution >= 4 is 5.97 Å². The maximum Gasteiger partial charge on any atom is 0.338 e. The number of carbonyl (C=O) groups excluding carboxylic acids is 1. The molecule has 1 aromatic rings. The Kier molecular flexibility index (Phi) is 4.41. The molecule has 0 heterocycles. The van der Waals surface area contributed by atoms with Crippen LogP contribution in [0, 0.1) is 11.8 Å². The van der Waals surface area contributed by atoms with Crippen LogP contribution in [0.3, 0.4) is 0 Å². The lowest BCUT2D eigenvalue weighted by Gasteiger charge is -2.34. The van der Waals surface area contributed by atoms with Gasteiger partial charge in [-0.3, -0.25) is 0 Å². The molecule has 1 saturated carbocycles. The first-order valence-corrected chi connectivity index (χ1v) is 6.99. The molecule has 0 spiro atoms. The molecule has 3 atom stereocenters. The third-order valence-electron chi connectivity index (χ3n) is 3.95. The summed E-state index contributed by atoms with van der Waals surface area (Å²) in [5.74, 6) is 0.707. The molecule has 19 heavy (non-hydrogen) atoms.